The summed E-state index contributed by atoms with van der Waals surface area (Å²) in [6.07, 6.45) is 3.47. The molecule has 3 rings (SSSR count). The summed E-state index contributed by atoms with van der Waals surface area (Å²) in [5.41, 5.74) is 1.95. The lowest BCUT2D eigenvalue weighted by molar-refractivity contribution is -0.121. The lowest BCUT2D eigenvalue weighted by atomic mass is 10.2. The van der Waals surface area contributed by atoms with Crippen LogP contribution in [0.25, 0.3) is 6.08 Å². The number of hydrogen-bond acceptors (Lipinski definition) is 5. The van der Waals surface area contributed by atoms with Crippen LogP contribution in [0.4, 0.5) is 0 Å². The molecule has 0 atom stereocenters. The minimum absolute atomic E-state index is 0.117. The molecule has 0 radical (unpaired) electrons. The quantitative estimate of drug-likeness (QED) is 0.208. The SMILES string of the molecule is C=CCN1C(=O)/C(=C/c2cc(Br)ccc2OCCOc2cccc(C)c2)SC1=S. The van der Waals surface area contributed by atoms with E-state index in [2.05, 4.69) is 22.5 Å². The van der Waals surface area contributed by atoms with Crippen molar-refractivity contribution in [3.8, 4) is 11.5 Å². The van der Waals surface area contributed by atoms with Crippen molar-refractivity contribution >= 4 is 56.2 Å². The minimum Gasteiger partial charge on any atom is -0.490 e. The second kappa shape index (κ2) is 10.1. The highest BCUT2D eigenvalue weighted by Gasteiger charge is 2.31. The van der Waals surface area contributed by atoms with Crippen molar-refractivity contribution in [2.45, 2.75) is 6.92 Å². The Morgan fingerprint density at radius 1 is 1.21 bits per heavy atom. The van der Waals surface area contributed by atoms with Gasteiger partial charge in [-0.15, -0.1) is 6.58 Å². The molecule has 4 nitrogen and oxygen atoms in total. The zero-order chi connectivity index (χ0) is 20.8. The average Bonchev–Trinajstić information content (AvgIpc) is 2.94. The van der Waals surface area contributed by atoms with Crippen LogP contribution in [0.3, 0.4) is 0 Å². The van der Waals surface area contributed by atoms with Gasteiger partial charge in [0.1, 0.15) is 29.0 Å². The van der Waals surface area contributed by atoms with Gasteiger partial charge in [0.05, 0.1) is 4.91 Å². The molecule has 0 N–H and O–H groups in total. The molecule has 2 aromatic carbocycles. The number of thiocarbonyl (C=S) groups is 1. The van der Waals surface area contributed by atoms with E-state index in [1.807, 2.05) is 55.5 Å². The molecule has 1 aliphatic heterocycles. The van der Waals surface area contributed by atoms with Crippen molar-refractivity contribution in [2.75, 3.05) is 19.8 Å². The van der Waals surface area contributed by atoms with Crippen LogP contribution in [0.2, 0.25) is 0 Å². The Morgan fingerprint density at radius 3 is 2.76 bits per heavy atom. The molecule has 0 unspecified atom stereocenters. The van der Waals surface area contributed by atoms with Crippen LogP contribution in [0.1, 0.15) is 11.1 Å². The zero-order valence-corrected chi connectivity index (χ0v) is 19.1. The Kier molecular flexibility index (Phi) is 7.52. The monoisotopic (exact) mass is 489 g/mol. The van der Waals surface area contributed by atoms with Crippen LogP contribution >= 0.6 is 39.9 Å². The molecular formula is C22H20BrNO3S2. The number of benzene rings is 2. The summed E-state index contributed by atoms with van der Waals surface area (Å²) in [6.45, 7) is 6.90. The summed E-state index contributed by atoms with van der Waals surface area (Å²) < 4.78 is 13.1. The number of aryl methyl sites for hydroxylation is 1. The molecule has 1 amide bonds. The highest BCUT2D eigenvalue weighted by molar-refractivity contribution is 9.10. The van der Waals surface area contributed by atoms with E-state index in [0.717, 1.165) is 21.3 Å². The molecule has 1 fully saturated rings. The Labute approximate surface area is 188 Å². The second-order valence-corrected chi connectivity index (χ2v) is 8.87. The van der Waals surface area contributed by atoms with Gasteiger partial charge < -0.3 is 9.47 Å². The maximum atomic E-state index is 12.6. The molecule has 0 bridgehead atoms. The number of carbonyl (C=O) groups is 1. The van der Waals surface area contributed by atoms with E-state index in [-0.39, 0.29) is 5.91 Å². The Hall–Kier alpha value is -2.09. The standard InChI is InChI=1S/C22H20BrNO3S2/c1-3-9-24-21(25)20(29-22(24)28)14-16-13-17(23)7-8-19(16)27-11-10-26-18-6-4-5-15(2)12-18/h3-8,12-14H,1,9-11H2,2H3/b20-14-. The van der Waals surface area contributed by atoms with E-state index >= 15 is 0 Å². The highest BCUT2D eigenvalue weighted by Crippen LogP contribution is 2.35. The van der Waals surface area contributed by atoms with Gasteiger partial charge in [-0.2, -0.15) is 0 Å². The topological polar surface area (TPSA) is 38.8 Å². The predicted octanol–water partition coefficient (Wildman–Crippen LogP) is 5.60. The first-order valence-electron chi connectivity index (χ1n) is 8.96. The number of hydrogen-bond donors (Lipinski definition) is 0. The number of nitrogens with zero attached hydrogens (tertiary/aromatic N) is 1. The van der Waals surface area contributed by atoms with E-state index < -0.39 is 0 Å². The minimum atomic E-state index is -0.117. The first-order chi connectivity index (χ1) is 14.0. The van der Waals surface area contributed by atoms with E-state index in [0.29, 0.717) is 34.7 Å². The number of carbonyl (C=O) groups excluding carboxylic acids is 1. The van der Waals surface area contributed by atoms with Crippen LogP contribution in [0.5, 0.6) is 11.5 Å². The number of amides is 1. The number of rotatable bonds is 8. The van der Waals surface area contributed by atoms with E-state index in [4.69, 9.17) is 21.7 Å². The molecular weight excluding hydrogens is 470 g/mol. The summed E-state index contributed by atoms with van der Waals surface area (Å²) in [7, 11) is 0. The summed E-state index contributed by atoms with van der Waals surface area (Å²) in [6, 6.07) is 13.6. The van der Waals surface area contributed by atoms with Gasteiger partial charge in [0, 0.05) is 16.6 Å². The first-order valence-corrected chi connectivity index (χ1v) is 11.0. The van der Waals surface area contributed by atoms with Gasteiger partial charge in [0.2, 0.25) is 0 Å². The molecule has 0 saturated carbocycles. The molecule has 2 aromatic rings. The number of thioether (sulfide) groups is 1. The Bertz CT molecular complexity index is 974. The largest absolute Gasteiger partial charge is 0.490 e. The smallest absolute Gasteiger partial charge is 0.266 e. The lowest BCUT2D eigenvalue weighted by Crippen LogP contribution is -2.27. The number of halogens is 1. The molecule has 1 saturated heterocycles. The van der Waals surface area contributed by atoms with Gasteiger partial charge in [0.25, 0.3) is 5.91 Å². The molecule has 0 aliphatic carbocycles. The summed E-state index contributed by atoms with van der Waals surface area (Å²) in [4.78, 5) is 14.7. The van der Waals surface area contributed by atoms with E-state index in [1.165, 1.54) is 16.7 Å². The van der Waals surface area contributed by atoms with Gasteiger partial charge in [-0.3, -0.25) is 9.69 Å². The van der Waals surface area contributed by atoms with Crippen molar-refractivity contribution in [3.05, 3.63) is 75.6 Å². The van der Waals surface area contributed by atoms with E-state index in [9.17, 15) is 4.79 Å². The molecule has 0 aromatic heterocycles. The van der Waals surface area contributed by atoms with Gasteiger partial charge >= 0.3 is 0 Å². The fraction of sp³-hybridized carbons (Fsp3) is 0.182. The van der Waals surface area contributed by atoms with Crippen LogP contribution in [0.15, 0.2) is 64.5 Å². The van der Waals surface area contributed by atoms with Crippen LogP contribution < -0.4 is 9.47 Å². The Balaban J connectivity index is 1.69. The summed E-state index contributed by atoms with van der Waals surface area (Å²) >= 11 is 10.1. The fourth-order valence-electron chi connectivity index (χ4n) is 2.71. The third-order valence-corrected chi connectivity index (χ3v) is 5.91. The van der Waals surface area contributed by atoms with Crippen molar-refractivity contribution in [1.82, 2.24) is 4.90 Å². The molecule has 1 heterocycles. The molecule has 150 valence electrons. The Morgan fingerprint density at radius 2 is 2.00 bits per heavy atom. The average molecular weight is 490 g/mol. The van der Waals surface area contributed by atoms with Crippen molar-refractivity contribution in [2.24, 2.45) is 0 Å². The van der Waals surface area contributed by atoms with Crippen molar-refractivity contribution in [1.29, 1.82) is 0 Å². The van der Waals surface area contributed by atoms with Gasteiger partial charge in [-0.25, -0.2) is 0 Å². The van der Waals surface area contributed by atoms with Crippen molar-refractivity contribution in [3.63, 3.8) is 0 Å². The lowest BCUT2D eigenvalue weighted by Gasteiger charge is -2.12. The summed E-state index contributed by atoms with van der Waals surface area (Å²) in [5.74, 6) is 1.37. The van der Waals surface area contributed by atoms with Gasteiger partial charge in [-0.05, 0) is 48.9 Å². The molecule has 1 aliphatic rings. The predicted molar refractivity (Wildman–Crippen MR) is 126 cm³/mol. The van der Waals surface area contributed by atoms with Crippen molar-refractivity contribution < 1.29 is 14.3 Å². The third kappa shape index (κ3) is 5.72. The molecule has 7 heteroatoms. The van der Waals surface area contributed by atoms with Crippen LogP contribution in [0, 0.1) is 6.92 Å². The highest BCUT2D eigenvalue weighted by atomic mass is 79.9. The molecule has 29 heavy (non-hydrogen) atoms. The number of ether oxygens (including phenoxy) is 2. The second-order valence-electron chi connectivity index (χ2n) is 6.28. The fourth-order valence-corrected chi connectivity index (χ4v) is 4.35. The maximum absolute atomic E-state index is 12.6. The normalized spacial score (nSPS) is 15.1. The third-order valence-electron chi connectivity index (χ3n) is 4.04. The molecule has 0 spiro atoms. The zero-order valence-electron chi connectivity index (χ0n) is 15.9. The maximum Gasteiger partial charge on any atom is 0.266 e. The van der Waals surface area contributed by atoms with Gasteiger partial charge in [0.15, 0.2) is 0 Å². The van der Waals surface area contributed by atoms with E-state index in [1.54, 1.807) is 6.08 Å². The van der Waals surface area contributed by atoms with Gasteiger partial charge in [-0.1, -0.05) is 58.1 Å². The van der Waals surface area contributed by atoms with Crippen LogP contribution in [-0.2, 0) is 4.79 Å². The van der Waals surface area contributed by atoms with Crippen LogP contribution in [-0.4, -0.2) is 34.9 Å². The summed E-state index contributed by atoms with van der Waals surface area (Å²) in [5, 5.41) is 0. The first kappa shape index (κ1) is 21.6.